The minimum atomic E-state index is -1.21. The Morgan fingerprint density at radius 1 is 0.893 bits per heavy atom. The monoisotopic (exact) mass is 800 g/mol. The van der Waals surface area contributed by atoms with E-state index in [0.29, 0.717) is 12.8 Å². The smallest absolute Gasteiger partial charge is 0.311 e. The molecule has 3 rings (SSSR count). The van der Waals surface area contributed by atoms with Gasteiger partial charge < -0.3 is 53.0 Å². The maximum atomic E-state index is 14.3. The Bertz CT molecular complexity index is 1330. The zero-order chi connectivity index (χ0) is 42.4. The number of hydrogen-bond acceptors (Lipinski definition) is 14. The molecule has 0 radical (unpaired) electrons. The molecule has 56 heavy (non-hydrogen) atoms. The summed E-state index contributed by atoms with van der Waals surface area (Å²) in [5.41, 5.74) is -2.22. The highest BCUT2D eigenvalue weighted by Gasteiger charge is 2.53. The van der Waals surface area contributed by atoms with E-state index in [4.69, 9.17) is 37.9 Å². The van der Waals surface area contributed by atoms with Crippen molar-refractivity contribution in [3.05, 3.63) is 12.3 Å². The van der Waals surface area contributed by atoms with Crippen LogP contribution in [0.2, 0.25) is 0 Å². The predicted molar refractivity (Wildman–Crippen MR) is 208 cm³/mol. The second-order valence-electron chi connectivity index (χ2n) is 17.4. The first-order valence-corrected chi connectivity index (χ1v) is 20.4. The molecule has 3 saturated heterocycles. The molecule has 0 aliphatic carbocycles. The Hall–Kier alpha value is -2.01. The Labute approximate surface area is 335 Å². The summed E-state index contributed by atoms with van der Waals surface area (Å²) in [4.78, 5) is 42.3. The van der Waals surface area contributed by atoms with Gasteiger partial charge in [0.2, 0.25) is 0 Å². The fraction of sp³-hybridized carbons (Fsp3) is 0.881. The molecule has 324 valence electrons. The Morgan fingerprint density at radius 3 is 2.07 bits per heavy atom. The van der Waals surface area contributed by atoms with Gasteiger partial charge in [0.15, 0.2) is 24.5 Å². The molecule has 3 heterocycles. The molecule has 14 heteroatoms. The maximum absolute atomic E-state index is 14.3. The molecule has 0 amide bonds. The summed E-state index contributed by atoms with van der Waals surface area (Å²) in [6.07, 6.45) is -4.01. The summed E-state index contributed by atoms with van der Waals surface area (Å²) < 4.78 is 51.2. The molecule has 0 spiro atoms. The highest BCUT2D eigenvalue weighted by molar-refractivity contribution is 5.86. The minimum Gasteiger partial charge on any atom is -0.491 e. The van der Waals surface area contributed by atoms with Crippen LogP contribution in [0.4, 0.5) is 0 Å². The molecule has 0 bridgehead atoms. The van der Waals surface area contributed by atoms with E-state index in [-0.39, 0.29) is 36.6 Å². The second-order valence-corrected chi connectivity index (χ2v) is 17.4. The Kier molecular flexibility index (Phi) is 17.5. The van der Waals surface area contributed by atoms with Crippen molar-refractivity contribution in [1.82, 2.24) is 4.90 Å². The van der Waals surface area contributed by atoms with Gasteiger partial charge in [0, 0.05) is 50.4 Å². The largest absolute Gasteiger partial charge is 0.491 e. The molecule has 3 aliphatic rings. The van der Waals surface area contributed by atoms with E-state index in [0.717, 1.165) is 0 Å². The topological polar surface area (TPSA) is 169 Å². The molecule has 3 aliphatic heterocycles. The van der Waals surface area contributed by atoms with Crippen molar-refractivity contribution in [3.63, 3.8) is 0 Å². The van der Waals surface area contributed by atoms with Crippen molar-refractivity contribution in [3.8, 4) is 0 Å². The van der Waals surface area contributed by atoms with Crippen LogP contribution in [0.1, 0.15) is 102 Å². The van der Waals surface area contributed by atoms with E-state index in [1.807, 2.05) is 53.6 Å². The number of rotatable bonds is 11. The third-order valence-electron chi connectivity index (χ3n) is 12.7. The lowest BCUT2D eigenvalue weighted by atomic mass is 9.74. The molecular formula is C42H73NO13. The third kappa shape index (κ3) is 11.2. The zero-order valence-corrected chi connectivity index (χ0v) is 36.6. The number of esters is 1. The average Bonchev–Trinajstić information content (AvgIpc) is 3.14. The number of Topliss-reactive ketones (excluding diaryl/α,β-unsaturated/α-hetero) is 1. The van der Waals surface area contributed by atoms with E-state index in [9.17, 15) is 24.6 Å². The van der Waals surface area contributed by atoms with E-state index in [1.54, 1.807) is 41.7 Å². The molecule has 18 atom stereocenters. The molecule has 0 saturated carbocycles. The summed E-state index contributed by atoms with van der Waals surface area (Å²) in [5, 5.41) is 22.5. The number of hydrogen-bond donors (Lipinski definition) is 2. The van der Waals surface area contributed by atoms with Crippen LogP contribution in [0, 0.1) is 29.6 Å². The summed E-state index contributed by atoms with van der Waals surface area (Å²) in [5.74, 6) is -4.36. The summed E-state index contributed by atoms with van der Waals surface area (Å²) >= 11 is 0. The average molecular weight is 800 g/mol. The van der Waals surface area contributed by atoms with Gasteiger partial charge in [-0.05, 0) is 74.9 Å². The number of methoxy groups -OCH3 is 2. The number of allylic oxidation sites excluding steroid dienone is 1. The van der Waals surface area contributed by atoms with Gasteiger partial charge in [-0.3, -0.25) is 14.4 Å². The van der Waals surface area contributed by atoms with Gasteiger partial charge in [0.25, 0.3) is 0 Å². The number of carbonyl (C=O) groups excluding carboxylic acids is 3. The highest BCUT2D eigenvalue weighted by Crippen LogP contribution is 2.42. The van der Waals surface area contributed by atoms with Crippen molar-refractivity contribution in [2.75, 3.05) is 28.3 Å². The van der Waals surface area contributed by atoms with E-state index < -0.39 is 102 Å². The van der Waals surface area contributed by atoms with Gasteiger partial charge in [0.05, 0.1) is 59.9 Å². The van der Waals surface area contributed by atoms with Crippen LogP contribution >= 0.6 is 0 Å². The fourth-order valence-corrected chi connectivity index (χ4v) is 8.89. The van der Waals surface area contributed by atoms with E-state index in [1.165, 1.54) is 26.4 Å². The maximum Gasteiger partial charge on any atom is 0.311 e. The molecule has 0 aromatic rings. The first kappa shape index (κ1) is 48.4. The predicted octanol–water partition coefficient (Wildman–Crippen LogP) is 4.45. The molecule has 14 nitrogen and oxygen atoms in total. The molecule has 0 aromatic heterocycles. The number of aliphatic hydroxyl groups excluding tert-OH is 2. The van der Waals surface area contributed by atoms with Crippen LogP contribution in [0.5, 0.6) is 0 Å². The van der Waals surface area contributed by atoms with Crippen LogP contribution < -0.4 is 0 Å². The summed E-state index contributed by atoms with van der Waals surface area (Å²) in [6.45, 7) is 19.6. The number of ether oxygens (including phenoxy) is 8. The minimum absolute atomic E-state index is 0.156. The Morgan fingerprint density at radius 2 is 1.52 bits per heavy atom. The van der Waals surface area contributed by atoms with Gasteiger partial charge in [-0.1, -0.05) is 34.6 Å². The van der Waals surface area contributed by atoms with Crippen LogP contribution in [0.25, 0.3) is 0 Å². The van der Waals surface area contributed by atoms with Crippen LogP contribution in [0.15, 0.2) is 12.3 Å². The number of carbonyl (C=O) groups is 3. The van der Waals surface area contributed by atoms with Gasteiger partial charge in [0.1, 0.15) is 18.0 Å². The fourth-order valence-electron chi connectivity index (χ4n) is 8.89. The first-order chi connectivity index (χ1) is 26.0. The standard InChI is InChI=1S/C42H73NO13/c1-16-31-25(5)34(46)26(6)33(45)22(2)20-42(11,50-15)38(56-40-36(51-18-17-23(3)44)30(43(12)13)19-24(4)52-40)27(7)35(28(8)39(48)54-31)55-32-21-41(10,49-14)37(47)29(9)53-32/h17-18,22,24-32,34-38,40,46-47H,16,19-21H2,1-15H3/t22-,24-,25+,26+,27+,28-,29+,30+,31-,32+,34+,35+,36-,37+,38-,40+,41-,42+/m1/s1. The normalized spacial score (nSPS) is 45.0. The van der Waals surface area contributed by atoms with Crippen LogP contribution in [0.3, 0.4) is 0 Å². The first-order valence-electron chi connectivity index (χ1n) is 20.4. The van der Waals surface area contributed by atoms with Crippen molar-refractivity contribution in [1.29, 1.82) is 0 Å². The molecule has 0 aromatic carbocycles. The Balaban J connectivity index is 2.25. The van der Waals surface area contributed by atoms with Crippen LogP contribution in [-0.4, -0.2) is 140 Å². The lowest BCUT2D eigenvalue weighted by molar-refractivity contribution is -0.319. The summed E-state index contributed by atoms with van der Waals surface area (Å²) in [6, 6.07) is -0.185. The lowest BCUT2D eigenvalue weighted by Gasteiger charge is -2.50. The van der Waals surface area contributed by atoms with Crippen LogP contribution in [-0.2, 0) is 52.3 Å². The number of nitrogens with zero attached hydrogens (tertiary/aromatic N) is 1. The number of likely N-dealkylation sites (N-methyl/N-ethyl adjacent to an activating group) is 1. The third-order valence-corrected chi connectivity index (χ3v) is 12.7. The lowest BCUT2D eigenvalue weighted by Crippen LogP contribution is -2.61. The molecular weight excluding hydrogens is 726 g/mol. The van der Waals surface area contributed by atoms with E-state index >= 15 is 0 Å². The van der Waals surface area contributed by atoms with Crippen molar-refractivity contribution < 1.29 is 62.5 Å². The quantitative estimate of drug-likeness (QED) is 0.171. The van der Waals surface area contributed by atoms with Gasteiger partial charge in [-0.2, -0.15) is 0 Å². The van der Waals surface area contributed by atoms with Crippen molar-refractivity contribution in [2.45, 2.75) is 181 Å². The molecule has 0 unspecified atom stereocenters. The van der Waals surface area contributed by atoms with Gasteiger partial charge >= 0.3 is 5.97 Å². The highest BCUT2D eigenvalue weighted by atomic mass is 16.7. The van der Waals surface area contributed by atoms with E-state index in [2.05, 4.69) is 0 Å². The van der Waals surface area contributed by atoms with Crippen molar-refractivity contribution in [2.24, 2.45) is 29.6 Å². The number of ketones is 2. The summed E-state index contributed by atoms with van der Waals surface area (Å²) in [7, 11) is 6.95. The molecule has 2 N–H and O–H groups in total. The number of aliphatic hydroxyl groups is 2. The SMILES string of the molecule is CC[C@H]1OC(=O)[C@H](C)[C@@H](O[C@H]2C[C@@](C)(OC)[C@@H](O)[C@H](C)O2)[C@H](C)[C@@H](O[C@@H]2O[C@H](C)C[C@H](N(C)C)[C@H]2OC=CC(C)=O)[C@@](C)(OC)C[C@@H](C)C(=O)[C@H](C)[C@@H](O)[C@H]1C. The van der Waals surface area contributed by atoms with Gasteiger partial charge in [-0.15, -0.1) is 0 Å². The molecule has 3 fully saturated rings. The van der Waals surface area contributed by atoms with Crippen molar-refractivity contribution >= 4 is 17.5 Å². The van der Waals surface area contributed by atoms with Gasteiger partial charge in [-0.25, -0.2) is 0 Å². The zero-order valence-electron chi connectivity index (χ0n) is 36.6. The second kappa shape index (κ2) is 20.3. The number of cyclic esters (lactones) is 1.